The van der Waals surface area contributed by atoms with E-state index in [1.165, 1.54) is 11.8 Å². The maximum absolute atomic E-state index is 11.8. The molecule has 0 radical (unpaired) electrons. The highest BCUT2D eigenvalue weighted by atomic mass is 79.9. The van der Waals surface area contributed by atoms with Crippen LogP contribution in [0.15, 0.2) is 22.7 Å². The van der Waals surface area contributed by atoms with Crippen molar-refractivity contribution in [1.29, 1.82) is 0 Å². The summed E-state index contributed by atoms with van der Waals surface area (Å²) in [5.41, 5.74) is -0.0628. The first-order chi connectivity index (χ1) is 8.43. The number of rotatable bonds is 0. The van der Waals surface area contributed by atoms with Gasteiger partial charge >= 0.3 is 0 Å². The van der Waals surface area contributed by atoms with Crippen LogP contribution in [0.1, 0.15) is 12.5 Å². The molecule has 0 bridgehead atoms. The number of benzene rings is 1. The number of carbonyl (C=O) groups is 1. The molecule has 0 aliphatic carbocycles. The third kappa shape index (κ3) is 1.41. The maximum Gasteiger partial charge on any atom is 0.225 e. The number of aliphatic hydroxyl groups is 1. The summed E-state index contributed by atoms with van der Waals surface area (Å²) in [7, 11) is 0. The van der Waals surface area contributed by atoms with Crippen molar-refractivity contribution in [2.24, 2.45) is 0 Å². The van der Waals surface area contributed by atoms with Gasteiger partial charge in [-0.05, 0) is 30.4 Å². The van der Waals surface area contributed by atoms with Crippen LogP contribution in [-0.2, 0) is 10.5 Å². The van der Waals surface area contributed by atoms with Gasteiger partial charge in [0, 0.05) is 17.0 Å². The van der Waals surface area contributed by atoms with Crippen LogP contribution < -0.4 is 15.5 Å². The van der Waals surface area contributed by atoms with Crippen LogP contribution in [0.25, 0.3) is 0 Å². The van der Waals surface area contributed by atoms with Crippen molar-refractivity contribution in [3.05, 3.63) is 28.2 Å². The van der Waals surface area contributed by atoms with E-state index in [0.29, 0.717) is 16.4 Å². The monoisotopic (exact) mass is 327 g/mol. The minimum Gasteiger partial charge on any atom is -0.364 e. The number of halogens is 1. The van der Waals surface area contributed by atoms with Crippen molar-refractivity contribution in [2.45, 2.75) is 18.8 Å². The minimum atomic E-state index is -1.37. The quantitative estimate of drug-likeness (QED) is 0.614. The molecule has 3 N–H and O–H groups in total. The van der Waals surface area contributed by atoms with E-state index in [9.17, 15) is 9.90 Å². The molecule has 1 saturated heterocycles. The summed E-state index contributed by atoms with van der Waals surface area (Å²) in [5, 5.41) is 16.8. The summed E-state index contributed by atoms with van der Waals surface area (Å²) in [4.78, 5) is 13.3. The van der Waals surface area contributed by atoms with Crippen molar-refractivity contribution in [2.75, 3.05) is 4.90 Å². The Hall–Kier alpha value is -1.18. The lowest BCUT2D eigenvalue weighted by Gasteiger charge is -2.26. The smallest absolute Gasteiger partial charge is 0.225 e. The third-order valence-electron chi connectivity index (χ3n) is 3.19. The fourth-order valence-corrected chi connectivity index (χ4v) is 3.11. The van der Waals surface area contributed by atoms with Gasteiger partial charge in [-0.1, -0.05) is 15.9 Å². The zero-order chi connectivity index (χ0) is 13.1. The molecule has 5 nitrogen and oxygen atoms in total. The zero-order valence-corrected chi connectivity index (χ0v) is 11.8. The first kappa shape index (κ1) is 11.9. The number of nitrogens with one attached hydrogen (secondary N) is 2. The second-order valence-corrected chi connectivity index (χ2v) is 5.64. The molecular formula is C11H10BrN3O2S. The van der Waals surface area contributed by atoms with Gasteiger partial charge in [-0.3, -0.25) is 9.69 Å². The molecule has 7 heteroatoms. The topological polar surface area (TPSA) is 64.6 Å². The van der Waals surface area contributed by atoms with Gasteiger partial charge in [-0.25, -0.2) is 0 Å². The molecule has 0 unspecified atom stereocenters. The van der Waals surface area contributed by atoms with Crippen LogP contribution in [0.2, 0.25) is 0 Å². The highest BCUT2D eigenvalue weighted by Gasteiger charge is 2.56. The van der Waals surface area contributed by atoms with Gasteiger partial charge in [-0.2, -0.15) is 0 Å². The first-order valence-electron chi connectivity index (χ1n) is 5.34. The lowest BCUT2D eigenvalue weighted by Crippen LogP contribution is -2.52. The van der Waals surface area contributed by atoms with Crippen LogP contribution in [0.4, 0.5) is 5.69 Å². The minimum absolute atomic E-state index is 0.154. The number of hydrogen-bond donors (Lipinski definition) is 3. The van der Waals surface area contributed by atoms with Crippen molar-refractivity contribution in [3.8, 4) is 0 Å². The first-order valence-corrected chi connectivity index (χ1v) is 6.54. The summed E-state index contributed by atoms with van der Waals surface area (Å²) in [5.74, 6) is -0.154. The number of anilines is 1. The van der Waals surface area contributed by atoms with E-state index in [2.05, 4.69) is 26.6 Å². The van der Waals surface area contributed by atoms with Crippen molar-refractivity contribution < 1.29 is 9.90 Å². The standard InChI is InChI=1S/C11H10BrN3O2S/c1-5(16)15-8-3-2-6(12)4-7(8)11(17)9(15)13-10(18)14-11/h2-4,9,17H,1H3,(H2,13,14,18)/t9-,11+/m0/s1. The fourth-order valence-electron chi connectivity index (χ4n) is 2.49. The second-order valence-electron chi connectivity index (χ2n) is 4.32. The normalized spacial score (nSPS) is 28.5. The van der Waals surface area contributed by atoms with Gasteiger partial charge in [0.1, 0.15) is 0 Å². The van der Waals surface area contributed by atoms with Crippen LogP contribution >= 0.6 is 28.1 Å². The Balaban J connectivity index is 2.23. The molecule has 0 aromatic heterocycles. The van der Waals surface area contributed by atoms with E-state index < -0.39 is 11.9 Å². The van der Waals surface area contributed by atoms with Gasteiger partial charge in [0.15, 0.2) is 11.3 Å². The molecule has 18 heavy (non-hydrogen) atoms. The number of thiocarbonyl (C=S) groups is 1. The average Bonchev–Trinajstić information content (AvgIpc) is 2.67. The number of carbonyl (C=O) groups excluding carboxylic acids is 1. The Morgan fingerprint density at radius 2 is 2.33 bits per heavy atom. The van der Waals surface area contributed by atoms with E-state index in [1.807, 2.05) is 6.07 Å². The van der Waals surface area contributed by atoms with Crippen molar-refractivity contribution in [3.63, 3.8) is 0 Å². The Kier molecular flexibility index (Phi) is 2.42. The highest BCUT2D eigenvalue weighted by molar-refractivity contribution is 9.10. The summed E-state index contributed by atoms with van der Waals surface area (Å²) < 4.78 is 0.832. The lowest BCUT2D eigenvalue weighted by molar-refractivity contribution is -0.118. The molecule has 0 saturated carbocycles. The number of fused-ring (bicyclic) bond motifs is 3. The molecule has 1 fully saturated rings. The number of hydrogen-bond acceptors (Lipinski definition) is 3. The molecule has 1 aromatic carbocycles. The van der Waals surface area contributed by atoms with E-state index in [4.69, 9.17) is 12.2 Å². The molecule has 2 aliphatic heterocycles. The highest BCUT2D eigenvalue weighted by Crippen LogP contribution is 2.44. The van der Waals surface area contributed by atoms with Gasteiger partial charge in [0.25, 0.3) is 0 Å². The summed E-state index contributed by atoms with van der Waals surface area (Å²) in [6.07, 6.45) is -0.605. The summed E-state index contributed by atoms with van der Waals surface area (Å²) >= 11 is 8.38. The van der Waals surface area contributed by atoms with Crippen molar-refractivity contribution in [1.82, 2.24) is 10.6 Å². The van der Waals surface area contributed by atoms with Crippen LogP contribution in [0.3, 0.4) is 0 Å². The Morgan fingerprint density at radius 1 is 1.61 bits per heavy atom. The maximum atomic E-state index is 11.8. The molecule has 94 valence electrons. The molecule has 2 heterocycles. The second kappa shape index (κ2) is 3.66. The molecule has 1 aromatic rings. The Labute approximate surface area is 117 Å². The molecule has 3 rings (SSSR count). The van der Waals surface area contributed by atoms with Gasteiger partial charge in [0.05, 0.1) is 5.69 Å². The van der Waals surface area contributed by atoms with Crippen molar-refractivity contribution >= 4 is 44.9 Å². The summed E-state index contributed by atoms with van der Waals surface area (Å²) in [6.45, 7) is 1.46. The van der Waals surface area contributed by atoms with Gasteiger partial charge in [-0.15, -0.1) is 0 Å². The fraction of sp³-hybridized carbons (Fsp3) is 0.273. The Morgan fingerprint density at radius 3 is 3.00 bits per heavy atom. The molecule has 2 aliphatic rings. The zero-order valence-electron chi connectivity index (χ0n) is 9.40. The van der Waals surface area contributed by atoms with E-state index in [1.54, 1.807) is 12.1 Å². The van der Waals surface area contributed by atoms with Gasteiger partial charge < -0.3 is 15.7 Å². The van der Waals surface area contributed by atoms with Crippen LogP contribution in [0.5, 0.6) is 0 Å². The van der Waals surface area contributed by atoms with E-state index in [-0.39, 0.29) is 5.91 Å². The number of amides is 1. The SMILES string of the molecule is CC(=O)N1c2ccc(Br)cc2[C@]2(O)NC(=S)N[C@@H]12. The average molecular weight is 328 g/mol. The lowest BCUT2D eigenvalue weighted by atomic mass is 10.0. The number of nitrogens with zero attached hydrogens (tertiary/aromatic N) is 1. The summed E-state index contributed by atoms with van der Waals surface area (Å²) in [6, 6.07) is 5.41. The predicted octanol–water partition coefficient (Wildman–Crippen LogP) is 0.764. The Bertz CT molecular complexity index is 579. The van der Waals surface area contributed by atoms with E-state index in [0.717, 1.165) is 4.47 Å². The molecule has 2 atom stereocenters. The van der Waals surface area contributed by atoms with Gasteiger partial charge in [0.2, 0.25) is 11.6 Å². The molecule has 0 spiro atoms. The molecular weight excluding hydrogens is 318 g/mol. The van der Waals surface area contributed by atoms with E-state index >= 15 is 0 Å². The predicted molar refractivity (Wildman–Crippen MR) is 73.9 cm³/mol. The largest absolute Gasteiger partial charge is 0.364 e. The van der Waals surface area contributed by atoms with Crippen LogP contribution in [0, 0.1) is 0 Å². The molecule has 1 amide bonds. The van der Waals surface area contributed by atoms with Crippen LogP contribution in [-0.4, -0.2) is 22.3 Å². The third-order valence-corrected chi connectivity index (χ3v) is 3.91.